The molecule has 1 aliphatic carbocycles. The zero-order valence-corrected chi connectivity index (χ0v) is 23.2. The minimum Gasteiger partial charge on any atom is -0.352 e. The third-order valence-corrected chi connectivity index (χ3v) is 9.31. The van der Waals surface area contributed by atoms with E-state index in [1.165, 1.54) is 18.4 Å². The predicted octanol–water partition coefficient (Wildman–Crippen LogP) is 4.63. The number of hydrogen-bond donors (Lipinski definition) is 1. The smallest absolute Gasteiger partial charge is 0.243 e. The van der Waals surface area contributed by atoms with Gasteiger partial charge >= 0.3 is 0 Å². The second-order valence-electron chi connectivity index (χ2n) is 10.2. The highest BCUT2D eigenvalue weighted by Crippen LogP contribution is 2.22. The maximum atomic E-state index is 13.6. The van der Waals surface area contributed by atoms with Crippen molar-refractivity contribution in [1.82, 2.24) is 14.5 Å². The van der Waals surface area contributed by atoms with E-state index in [2.05, 4.69) is 5.32 Å². The topological polar surface area (TPSA) is 86.8 Å². The predicted molar refractivity (Wildman–Crippen MR) is 150 cm³/mol. The molecule has 1 aliphatic rings. The lowest BCUT2D eigenvalue weighted by Crippen LogP contribution is -2.52. The van der Waals surface area contributed by atoms with Crippen molar-refractivity contribution in [1.29, 1.82) is 0 Å². The van der Waals surface area contributed by atoms with Crippen molar-refractivity contribution in [2.24, 2.45) is 0 Å². The van der Waals surface area contributed by atoms with Crippen LogP contribution in [-0.4, -0.2) is 55.1 Å². The lowest BCUT2D eigenvalue weighted by molar-refractivity contribution is -0.141. The van der Waals surface area contributed by atoms with Crippen LogP contribution in [0.25, 0.3) is 10.8 Å². The summed E-state index contributed by atoms with van der Waals surface area (Å²) in [7, 11) is -2.52. The van der Waals surface area contributed by atoms with Gasteiger partial charge in [-0.15, -0.1) is 0 Å². The van der Waals surface area contributed by atoms with Gasteiger partial charge in [0.15, 0.2) is 0 Å². The molecule has 0 radical (unpaired) electrons. The Kier molecular flexibility index (Phi) is 8.84. The van der Waals surface area contributed by atoms with E-state index in [1.54, 1.807) is 25.1 Å². The summed E-state index contributed by atoms with van der Waals surface area (Å²) in [6, 6.07) is 19.6. The fourth-order valence-corrected chi connectivity index (χ4v) is 6.15. The molecule has 1 fully saturated rings. The van der Waals surface area contributed by atoms with Crippen LogP contribution in [-0.2, 0) is 26.2 Å². The summed E-state index contributed by atoms with van der Waals surface area (Å²) in [5.74, 6) is -0.634. The normalized spacial score (nSPS) is 15.4. The van der Waals surface area contributed by atoms with Crippen LogP contribution in [0.5, 0.6) is 0 Å². The molecule has 0 spiro atoms. The number of fused-ring (bicyclic) bond motifs is 1. The van der Waals surface area contributed by atoms with Gasteiger partial charge in [-0.2, -0.15) is 4.31 Å². The molecule has 1 atom stereocenters. The van der Waals surface area contributed by atoms with E-state index in [-0.39, 0.29) is 29.9 Å². The number of amides is 2. The van der Waals surface area contributed by atoms with Gasteiger partial charge in [0.1, 0.15) is 6.04 Å². The van der Waals surface area contributed by atoms with E-state index in [9.17, 15) is 18.0 Å². The van der Waals surface area contributed by atoms with Crippen LogP contribution in [0.2, 0.25) is 0 Å². The van der Waals surface area contributed by atoms with Gasteiger partial charge in [0, 0.05) is 19.6 Å². The molecule has 0 aliphatic heterocycles. The number of aryl methyl sites for hydroxylation is 1. The number of nitrogens with one attached hydrogen (secondary N) is 1. The molecule has 0 saturated heterocycles. The van der Waals surface area contributed by atoms with E-state index in [0.29, 0.717) is 0 Å². The van der Waals surface area contributed by atoms with E-state index >= 15 is 0 Å². The Labute approximate surface area is 225 Å². The summed E-state index contributed by atoms with van der Waals surface area (Å²) in [5, 5.41) is 4.86. The van der Waals surface area contributed by atoms with Crippen LogP contribution < -0.4 is 5.32 Å². The molecule has 0 bridgehead atoms. The molecule has 0 aromatic heterocycles. The Morgan fingerprint density at radius 3 is 2.32 bits per heavy atom. The van der Waals surface area contributed by atoms with Crippen LogP contribution in [0.1, 0.15) is 50.2 Å². The Hall–Kier alpha value is -3.23. The average molecular weight is 536 g/mol. The molecule has 8 heteroatoms. The molecule has 3 aromatic carbocycles. The monoisotopic (exact) mass is 535 g/mol. The second-order valence-corrected chi connectivity index (χ2v) is 12.3. The molecule has 3 aromatic rings. The molecule has 1 saturated carbocycles. The molecular formula is C30H37N3O4S. The number of likely N-dealkylation sites (N-methyl/N-ethyl adjacent to an activating group) is 1. The molecule has 2 amide bonds. The third-order valence-electron chi connectivity index (χ3n) is 7.51. The van der Waals surface area contributed by atoms with Crippen LogP contribution in [0.3, 0.4) is 0 Å². The Morgan fingerprint density at radius 1 is 0.947 bits per heavy atom. The first kappa shape index (κ1) is 27.8. The SMILES string of the molecule is Cc1ccccc1CN(C(=O)CN(C)S(=O)(=O)c1ccc2ccccc2c1)[C@H](C)C(=O)NC1CCCCC1. The van der Waals surface area contributed by atoms with Gasteiger partial charge in [-0.05, 0) is 60.7 Å². The van der Waals surface area contributed by atoms with Gasteiger partial charge in [-0.1, -0.05) is 73.9 Å². The number of carbonyl (C=O) groups excluding carboxylic acids is 2. The lowest BCUT2D eigenvalue weighted by atomic mass is 9.95. The van der Waals surface area contributed by atoms with Crippen LogP contribution >= 0.6 is 0 Å². The summed E-state index contributed by atoms with van der Waals surface area (Å²) in [6.07, 6.45) is 5.23. The maximum Gasteiger partial charge on any atom is 0.243 e. The minimum atomic E-state index is -3.92. The molecular weight excluding hydrogens is 498 g/mol. The van der Waals surface area contributed by atoms with Gasteiger partial charge in [0.05, 0.1) is 11.4 Å². The van der Waals surface area contributed by atoms with Crippen molar-refractivity contribution in [3.05, 3.63) is 77.9 Å². The quantitative estimate of drug-likeness (QED) is 0.433. The lowest BCUT2D eigenvalue weighted by Gasteiger charge is -2.32. The first-order valence-corrected chi connectivity index (χ1v) is 14.7. The highest BCUT2D eigenvalue weighted by Gasteiger charge is 2.31. The van der Waals surface area contributed by atoms with E-state index in [4.69, 9.17) is 0 Å². The zero-order valence-electron chi connectivity index (χ0n) is 22.4. The summed E-state index contributed by atoms with van der Waals surface area (Å²) >= 11 is 0. The first-order chi connectivity index (χ1) is 18.2. The van der Waals surface area contributed by atoms with Crippen molar-refractivity contribution in [3.8, 4) is 0 Å². The average Bonchev–Trinajstić information content (AvgIpc) is 2.92. The van der Waals surface area contributed by atoms with Crippen LogP contribution in [0.15, 0.2) is 71.6 Å². The Morgan fingerprint density at radius 2 is 1.61 bits per heavy atom. The Balaban J connectivity index is 1.54. The number of hydrogen-bond acceptors (Lipinski definition) is 4. The fourth-order valence-electron chi connectivity index (χ4n) is 5.00. The van der Waals surface area contributed by atoms with Gasteiger partial charge < -0.3 is 10.2 Å². The van der Waals surface area contributed by atoms with Gasteiger partial charge in [-0.3, -0.25) is 9.59 Å². The van der Waals surface area contributed by atoms with Crippen LogP contribution in [0, 0.1) is 6.92 Å². The van der Waals surface area contributed by atoms with Crippen molar-refractivity contribution < 1.29 is 18.0 Å². The fraction of sp³-hybridized carbons (Fsp3) is 0.400. The standard InChI is InChI=1S/C30H37N3O4S/c1-22-11-7-8-14-26(22)20-33(23(2)30(35)31-27-15-5-4-6-16-27)29(34)21-32(3)38(36,37)28-18-17-24-12-9-10-13-25(24)19-28/h7-14,17-19,23,27H,4-6,15-16,20-21H2,1-3H3,(H,31,35)/t23-/m1/s1. The largest absolute Gasteiger partial charge is 0.352 e. The molecule has 0 heterocycles. The number of benzene rings is 3. The molecule has 4 rings (SSSR count). The highest BCUT2D eigenvalue weighted by atomic mass is 32.2. The molecule has 202 valence electrons. The molecule has 38 heavy (non-hydrogen) atoms. The summed E-state index contributed by atoms with van der Waals surface area (Å²) < 4.78 is 27.8. The van der Waals surface area contributed by atoms with Crippen molar-refractivity contribution in [2.75, 3.05) is 13.6 Å². The summed E-state index contributed by atoms with van der Waals surface area (Å²) in [6.45, 7) is 3.52. The number of rotatable bonds is 9. The molecule has 1 N–H and O–H groups in total. The Bertz CT molecular complexity index is 1400. The molecule has 7 nitrogen and oxygen atoms in total. The first-order valence-electron chi connectivity index (χ1n) is 13.3. The van der Waals surface area contributed by atoms with Gasteiger partial charge in [-0.25, -0.2) is 8.42 Å². The zero-order chi connectivity index (χ0) is 27.3. The van der Waals surface area contributed by atoms with E-state index in [0.717, 1.165) is 51.9 Å². The minimum absolute atomic E-state index is 0.116. The molecule has 0 unspecified atom stereocenters. The van der Waals surface area contributed by atoms with Crippen molar-refractivity contribution in [3.63, 3.8) is 0 Å². The summed E-state index contributed by atoms with van der Waals surface area (Å²) in [5.41, 5.74) is 1.92. The van der Waals surface area contributed by atoms with Gasteiger partial charge in [0.2, 0.25) is 21.8 Å². The van der Waals surface area contributed by atoms with E-state index < -0.39 is 22.0 Å². The highest BCUT2D eigenvalue weighted by molar-refractivity contribution is 7.89. The van der Waals surface area contributed by atoms with Crippen molar-refractivity contribution in [2.45, 2.75) is 69.5 Å². The van der Waals surface area contributed by atoms with Crippen molar-refractivity contribution >= 4 is 32.6 Å². The number of carbonyl (C=O) groups is 2. The number of sulfonamides is 1. The van der Waals surface area contributed by atoms with Gasteiger partial charge in [0.25, 0.3) is 0 Å². The maximum absolute atomic E-state index is 13.6. The summed E-state index contributed by atoms with van der Waals surface area (Å²) in [4.78, 5) is 28.5. The van der Waals surface area contributed by atoms with E-state index in [1.807, 2.05) is 55.5 Å². The third kappa shape index (κ3) is 6.42. The van der Waals surface area contributed by atoms with Crippen LogP contribution in [0.4, 0.5) is 0 Å². The number of nitrogens with zero attached hydrogens (tertiary/aromatic N) is 2. The second kappa shape index (κ2) is 12.1.